The average molecular weight is 236 g/mol. The van der Waals surface area contributed by atoms with Crippen LogP contribution >= 0.6 is 0 Å². The summed E-state index contributed by atoms with van der Waals surface area (Å²) in [7, 11) is 0. The molecule has 0 aromatic rings. The Kier molecular flexibility index (Phi) is 2.95. The molecule has 50 valence electrons. The molecule has 1 aliphatic rings. The van der Waals surface area contributed by atoms with Crippen molar-refractivity contribution in [3.05, 3.63) is 11.1 Å². The average Bonchev–Trinajstić information content (AvgIpc) is 1.89. The third-order valence-electron chi connectivity index (χ3n) is 1.94. The minimum absolute atomic E-state index is 1.32. The SMILES string of the molecule is CC1=C(C=[Te])CCCC1. The van der Waals surface area contributed by atoms with E-state index in [0.29, 0.717) is 0 Å². The fraction of sp³-hybridized carbons (Fsp3) is 0.625. The standard InChI is InChI=1S/C8H12Te/c1-7-4-2-3-5-8(7)6-9/h6H,2-5H2,1H3. The van der Waals surface area contributed by atoms with Crippen LogP contribution in [0.2, 0.25) is 0 Å². The summed E-state index contributed by atoms with van der Waals surface area (Å²) in [5.41, 5.74) is 3.22. The fourth-order valence-corrected chi connectivity index (χ4v) is 2.15. The first-order valence-electron chi connectivity index (χ1n) is 3.48. The zero-order valence-electron chi connectivity index (χ0n) is 5.81. The van der Waals surface area contributed by atoms with E-state index in [2.05, 4.69) is 32.8 Å². The number of rotatable bonds is 1. The molecule has 0 nitrogen and oxygen atoms in total. The molecule has 0 saturated carbocycles. The zero-order chi connectivity index (χ0) is 6.69. The summed E-state index contributed by atoms with van der Waals surface area (Å²) in [6, 6.07) is 0. The van der Waals surface area contributed by atoms with Crippen LogP contribution in [0.1, 0.15) is 32.6 Å². The summed E-state index contributed by atoms with van der Waals surface area (Å²) < 4.78 is 2.27. The van der Waals surface area contributed by atoms with E-state index >= 15 is 0 Å². The van der Waals surface area contributed by atoms with Crippen LogP contribution < -0.4 is 0 Å². The molecule has 0 unspecified atom stereocenters. The normalized spacial score (nSPS) is 20.1. The molecule has 0 radical (unpaired) electrons. The van der Waals surface area contributed by atoms with Crippen molar-refractivity contribution >= 4 is 25.9 Å². The van der Waals surface area contributed by atoms with E-state index in [0.717, 1.165) is 0 Å². The van der Waals surface area contributed by atoms with Gasteiger partial charge in [-0.05, 0) is 0 Å². The first-order valence-corrected chi connectivity index (χ1v) is 4.83. The van der Waals surface area contributed by atoms with E-state index in [-0.39, 0.29) is 0 Å². The van der Waals surface area contributed by atoms with Gasteiger partial charge in [0.2, 0.25) is 0 Å². The molecule has 1 aliphatic carbocycles. The third-order valence-corrected chi connectivity index (χ3v) is 2.75. The molecule has 0 saturated heterocycles. The van der Waals surface area contributed by atoms with Crippen molar-refractivity contribution in [2.75, 3.05) is 0 Å². The van der Waals surface area contributed by atoms with Crippen molar-refractivity contribution < 1.29 is 0 Å². The Bertz CT molecular complexity index is 145. The Morgan fingerprint density at radius 1 is 1.33 bits per heavy atom. The maximum absolute atomic E-state index is 2.27. The second kappa shape index (κ2) is 3.54. The molecule has 0 amide bonds. The number of hydrogen-bond donors (Lipinski definition) is 0. The molecule has 0 bridgehead atoms. The van der Waals surface area contributed by atoms with Gasteiger partial charge in [-0.1, -0.05) is 0 Å². The molecule has 0 spiro atoms. The van der Waals surface area contributed by atoms with E-state index in [1.165, 1.54) is 25.7 Å². The van der Waals surface area contributed by atoms with Crippen molar-refractivity contribution in [3.63, 3.8) is 0 Å². The van der Waals surface area contributed by atoms with Crippen LogP contribution in [0.4, 0.5) is 0 Å². The van der Waals surface area contributed by atoms with Crippen LogP contribution in [0.25, 0.3) is 0 Å². The van der Waals surface area contributed by atoms with E-state index < -0.39 is 0 Å². The first-order chi connectivity index (χ1) is 4.34. The zero-order valence-corrected chi connectivity index (χ0v) is 8.14. The molecule has 0 aliphatic heterocycles. The molecule has 9 heavy (non-hydrogen) atoms. The Morgan fingerprint density at radius 3 is 2.44 bits per heavy atom. The first kappa shape index (κ1) is 7.51. The summed E-state index contributed by atoms with van der Waals surface area (Å²) in [5.74, 6) is 0. The molecule has 0 heterocycles. The van der Waals surface area contributed by atoms with Gasteiger partial charge in [0, 0.05) is 0 Å². The fourth-order valence-electron chi connectivity index (χ4n) is 1.24. The van der Waals surface area contributed by atoms with Gasteiger partial charge in [0.05, 0.1) is 0 Å². The third kappa shape index (κ3) is 1.92. The van der Waals surface area contributed by atoms with Crippen molar-refractivity contribution in [3.8, 4) is 0 Å². The Morgan fingerprint density at radius 2 is 2.00 bits per heavy atom. The van der Waals surface area contributed by atoms with Gasteiger partial charge in [-0.2, -0.15) is 0 Å². The van der Waals surface area contributed by atoms with Gasteiger partial charge in [-0.25, -0.2) is 0 Å². The van der Waals surface area contributed by atoms with E-state index in [1.807, 2.05) is 0 Å². The molecule has 0 atom stereocenters. The van der Waals surface area contributed by atoms with Gasteiger partial charge in [0.25, 0.3) is 0 Å². The summed E-state index contributed by atoms with van der Waals surface area (Å²) in [4.78, 5) is 0. The summed E-state index contributed by atoms with van der Waals surface area (Å²) in [6.45, 7) is 2.26. The van der Waals surface area contributed by atoms with Gasteiger partial charge < -0.3 is 0 Å². The minimum atomic E-state index is 1.32. The van der Waals surface area contributed by atoms with Gasteiger partial charge in [0.15, 0.2) is 0 Å². The molecular formula is C8H12Te. The summed E-state index contributed by atoms with van der Waals surface area (Å²) in [6.07, 6.45) is 5.47. The van der Waals surface area contributed by atoms with E-state index in [4.69, 9.17) is 0 Å². The Labute approximate surface area is 69.7 Å². The van der Waals surface area contributed by atoms with Crippen LogP contribution in [0, 0.1) is 0 Å². The Hall–Kier alpha value is 0.400. The molecule has 0 aromatic heterocycles. The summed E-state index contributed by atoms with van der Waals surface area (Å²) >= 11 is 2.08. The van der Waals surface area contributed by atoms with Crippen molar-refractivity contribution in [1.29, 1.82) is 0 Å². The van der Waals surface area contributed by atoms with Crippen molar-refractivity contribution in [1.82, 2.24) is 0 Å². The molecule has 0 fully saturated rings. The van der Waals surface area contributed by atoms with Crippen LogP contribution in [0.5, 0.6) is 0 Å². The quantitative estimate of drug-likeness (QED) is 0.609. The predicted octanol–water partition coefficient (Wildman–Crippen LogP) is 1.85. The molecule has 1 rings (SSSR count). The van der Waals surface area contributed by atoms with Gasteiger partial charge in [-0.3, -0.25) is 0 Å². The van der Waals surface area contributed by atoms with Crippen LogP contribution in [-0.4, -0.2) is 25.9 Å². The topological polar surface area (TPSA) is 0 Å². The number of allylic oxidation sites excluding steroid dienone is 2. The van der Waals surface area contributed by atoms with E-state index in [9.17, 15) is 0 Å². The van der Waals surface area contributed by atoms with Crippen LogP contribution in [0.15, 0.2) is 11.1 Å². The molecular weight excluding hydrogens is 224 g/mol. The van der Waals surface area contributed by atoms with Crippen LogP contribution in [-0.2, 0) is 0 Å². The second-order valence-corrected chi connectivity index (χ2v) is 3.30. The molecule has 0 aromatic carbocycles. The second-order valence-electron chi connectivity index (χ2n) is 2.63. The number of hydrogen-bond acceptors (Lipinski definition) is 0. The van der Waals surface area contributed by atoms with E-state index in [1.54, 1.807) is 11.1 Å². The molecule has 1 heteroatoms. The van der Waals surface area contributed by atoms with Gasteiger partial charge >= 0.3 is 69.6 Å². The Balaban J connectivity index is 2.70. The predicted molar refractivity (Wildman–Crippen MR) is 43.0 cm³/mol. The van der Waals surface area contributed by atoms with Crippen molar-refractivity contribution in [2.45, 2.75) is 32.6 Å². The maximum atomic E-state index is 2.27. The van der Waals surface area contributed by atoms with Gasteiger partial charge in [-0.15, -0.1) is 0 Å². The molecule has 0 N–H and O–H groups in total. The summed E-state index contributed by atoms with van der Waals surface area (Å²) in [5, 5.41) is 0. The monoisotopic (exact) mass is 238 g/mol. The van der Waals surface area contributed by atoms with Crippen LogP contribution in [0.3, 0.4) is 0 Å². The van der Waals surface area contributed by atoms with Crippen molar-refractivity contribution in [2.24, 2.45) is 0 Å². The van der Waals surface area contributed by atoms with Gasteiger partial charge in [0.1, 0.15) is 0 Å².